The number of nitrogens with one attached hydrogen (secondary N) is 3. The van der Waals surface area contributed by atoms with Crippen LogP contribution in [0.4, 0.5) is 10.3 Å². The Morgan fingerprint density at radius 3 is 2.94 bits per heavy atom. The Kier molecular flexibility index (Phi) is 6.30. The first-order valence-corrected chi connectivity index (χ1v) is 12.5. The van der Waals surface area contributed by atoms with Gasteiger partial charge in [0, 0.05) is 43.9 Å². The van der Waals surface area contributed by atoms with Crippen LogP contribution >= 0.6 is 15.9 Å². The molecule has 1 saturated carbocycles. The number of nitrogens with zero attached hydrogens (tertiary/aromatic N) is 5. The van der Waals surface area contributed by atoms with Crippen LogP contribution in [0.1, 0.15) is 31.7 Å². The number of anilines is 1. The molecule has 2 fully saturated rings. The molecule has 1 amide bonds. The molecule has 36 heavy (non-hydrogen) atoms. The fourth-order valence-corrected chi connectivity index (χ4v) is 5.17. The van der Waals surface area contributed by atoms with E-state index in [1.165, 1.54) is 0 Å². The van der Waals surface area contributed by atoms with Crippen LogP contribution in [-0.2, 0) is 4.79 Å². The summed E-state index contributed by atoms with van der Waals surface area (Å²) >= 11 is 3.47. The standard InChI is InChI=1S/C24H26BrFN8O2/c1-23(21(35)28-2)6-5-15(8-23)31-22-30-10-17-19(25)33-34(20(17)32-22)16-4-3-14(9-27)18(7-16)36-13-24(26)11-29-12-24/h3-4,7,10,15,29H,5-6,8,11-13H2,1-2H3,(H,28,35)(H,30,31,32)/t15-,23-/m1/s1. The third-order valence-corrected chi connectivity index (χ3v) is 7.52. The van der Waals surface area contributed by atoms with E-state index in [-0.39, 0.29) is 37.4 Å². The zero-order valence-electron chi connectivity index (χ0n) is 19.9. The number of rotatable bonds is 7. The molecule has 10 nitrogen and oxygen atoms in total. The number of carbonyl (C=O) groups excluding carboxylic acids is 1. The number of ether oxygens (including phenoxy) is 1. The molecule has 1 aromatic carbocycles. The quantitative estimate of drug-likeness (QED) is 0.405. The molecule has 2 aliphatic rings. The number of halogens is 2. The van der Waals surface area contributed by atoms with Crippen molar-refractivity contribution in [2.45, 2.75) is 37.9 Å². The van der Waals surface area contributed by atoms with Gasteiger partial charge in [-0.2, -0.15) is 15.3 Å². The lowest BCUT2D eigenvalue weighted by atomic mass is 9.87. The molecule has 0 unspecified atom stereocenters. The molecule has 2 aromatic heterocycles. The SMILES string of the molecule is CNC(=O)[C@]1(C)CC[C@@H](Nc2ncc3c(Br)nn(-c4ccc(C#N)c(OCC5(F)CNC5)c4)c3n2)C1. The van der Waals surface area contributed by atoms with Gasteiger partial charge in [-0.1, -0.05) is 6.92 Å². The molecular formula is C24H26BrFN8O2. The average molecular weight is 557 g/mol. The molecule has 1 saturated heterocycles. The maximum absolute atomic E-state index is 14.4. The van der Waals surface area contributed by atoms with E-state index in [2.05, 4.69) is 48.0 Å². The van der Waals surface area contributed by atoms with E-state index >= 15 is 0 Å². The lowest BCUT2D eigenvalue weighted by Crippen LogP contribution is -2.59. The highest BCUT2D eigenvalue weighted by molar-refractivity contribution is 9.10. The lowest BCUT2D eigenvalue weighted by molar-refractivity contribution is -0.129. The molecule has 2 atom stereocenters. The summed E-state index contributed by atoms with van der Waals surface area (Å²) in [6.07, 6.45) is 3.97. The first-order valence-electron chi connectivity index (χ1n) is 11.7. The van der Waals surface area contributed by atoms with Crippen LogP contribution in [0.25, 0.3) is 16.7 Å². The van der Waals surface area contributed by atoms with Crippen molar-refractivity contribution in [2.75, 3.05) is 32.1 Å². The molecule has 3 N–H and O–H groups in total. The Hall–Kier alpha value is -3.30. The molecule has 0 bridgehead atoms. The van der Waals surface area contributed by atoms with Crippen LogP contribution in [0.15, 0.2) is 29.0 Å². The largest absolute Gasteiger partial charge is 0.489 e. The van der Waals surface area contributed by atoms with Crippen molar-refractivity contribution in [2.24, 2.45) is 5.41 Å². The number of amides is 1. The van der Waals surface area contributed by atoms with E-state index in [0.29, 0.717) is 39.3 Å². The number of benzene rings is 1. The number of hydrogen-bond donors (Lipinski definition) is 3. The van der Waals surface area contributed by atoms with Gasteiger partial charge < -0.3 is 20.7 Å². The minimum absolute atomic E-state index is 0.0382. The van der Waals surface area contributed by atoms with Gasteiger partial charge >= 0.3 is 0 Å². The van der Waals surface area contributed by atoms with Crippen molar-refractivity contribution in [1.29, 1.82) is 5.26 Å². The zero-order valence-corrected chi connectivity index (χ0v) is 21.5. The van der Waals surface area contributed by atoms with Gasteiger partial charge in [0.25, 0.3) is 0 Å². The van der Waals surface area contributed by atoms with Gasteiger partial charge in [0.2, 0.25) is 11.9 Å². The Balaban J connectivity index is 1.42. The Bertz CT molecular complexity index is 1370. The fourth-order valence-electron chi connectivity index (χ4n) is 4.73. The third-order valence-electron chi connectivity index (χ3n) is 6.93. The van der Waals surface area contributed by atoms with Crippen LogP contribution in [-0.4, -0.2) is 64.1 Å². The summed E-state index contributed by atoms with van der Waals surface area (Å²) in [5.41, 5.74) is -0.396. The number of nitriles is 1. The van der Waals surface area contributed by atoms with Crippen LogP contribution in [0.5, 0.6) is 5.75 Å². The Morgan fingerprint density at radius 2 is 2.25 bits per heavy atom. The number of alkyl halides is 1. The summed E-state index contributed by atoms with van der Waals surface area (Å²) in [4.78, 5) is 21.4. The van der Waals surface area contributed by atoms with Crippen LogP contribution in [0, 0.1) is 16.7 Å². The molecule has 3 heterocycles. The first kappa shape index (κ1) is 24.4. The summed E-state index contributed by atoms with van der Waals surface area (Å²) in [6, 6.07) is 7.17. The maximum atomic E-state index is 14.4. The fraction of sp³-hybridized carbons (Fsp3) is 0.458. The van der Waals surface area contributed by atoms with Crippen LogP contribution in [0.2, 0.25) is 0 Å². The Labute approximate surface area is 215 Å². The number of hydrogen-bond acceptors (Lipinski definition) is 8. The monoisotopic (exact) mass is 556 g/mol. The third kappa shape index (κ3) is 4.49. The normalized spacial score (nSPS) is 22.6. The second kappa shape index (κ2) is 9.29. The van der Waals surface area contributed by atoms with Gasteiger partial charge in [0.05, 0.1) is 16.6 Å². The highest BCUT2D eigenvalue weighted by Crippen LogP contribution is 2.39. The predicted molar refractivity (Wildman–Crippen MR) is 135 cm³/mol. The minimum atomic E-state index is -1.44. The molecule has 3 aromatic rings. The van der Waals surface area contributed by atoms with Crippen molar-refractivity contribution in [3.63, 3.8) is 0 Å². The smallest absolute Gasteiger partial charge is 0.225 e. The van der Waals surface area contributed by atoms with E-state index in [1.807, 2.05) is 6.92 Å². The summed E-state index contributed by atoms with van der Waals surface area (Å²) in [6.45, 7) is 2.28. The molecule has 0 spiro atoms. The Morgan fingerprint density at radius 1 is 1.44 bits per heavy atom. The summed E-state index contributed by atoms with van der Waals surface area (Å²) in [5.74, 6) is 0.756. The predicted octanol–water partition coefficient (Wildman–Crippen LogP) is 2.86. The van der Waals surface area contributed by atoms with E-state index in [0.717, 1.165) is 12.8 Å². The molecule has 5 rings (SSSR count). The second-order valence-corrected chi connectivity index (χ2v) is 10.4. The highest BCUT2D eigenvalue weighted by atomic mass is 79.9. The van der Waals surface area contributed by atoms with Crippen molar-refractivity contribution >= 4 is 38.8 Å². The number of aromatic nitrogens is 4. The molecule has 0 radical (unpaired) electrons. The molecule has 1 aliphatic carbocycles. The summed E-state index contributed by atoms with van der Waals surface area (Å²) in [5, 5.41) is 23.8. The van der Waals surface area contributed by atoms with Crippen LogP contribution < -0.4 is 20.7 Å². The highest BCUT2D eigenvalue weighted by Gasteiger charge is 2.41. The van der Waals surface area contributed by atoms with Gasteiger partial charge in [-0.25, -0.2) is 14.1 Å². The van der Waals surface area contributed by atoms with E-state index in [9.17, 15) is 14.4 Å². The first-order chi connectivity index (χ1) is 17.2. The van der Waals surface area contributed by atoms with Gasteiger partial charge in [-0.15, -0.1) is 0 Å². The lowest BCUT2D eigenvalue weighted by Gasteiger charge is -2.34. The number of fused-ring (bicyclic) bond motifs is 1. The van der Waals surface area contributed by atoms with Gasteiger partial charge in [-0.3, -0.25) is 4.79 Å². The molecule has 188 valence electrons. The van der Waals surface area contributed by atoms with Crippen molar-refractivity contribution in [1.82, 2.24) is 30.4 Å². The van der Waals surface area contributed by atoms with Gasteiger partial charge in [-0.05, 0) is 47.3 Å². The molecule has 12 heteroatoms. The van der Waals surface area contributed by atoms with Crippen molar-refractivity contribution < 1.29 is 13.9 Å². The maximum Gasteiger partial charge on any atom is 0.225 e. The van der Waals surface area contributed by atoms with E-state index in [4.69, 9.17) is 9.72 Å². The topological polar surface area (TPSA) is 130 Å². The minimum Gasteiger partial charge on any atom is -0.489 e. The van der Waals surface area contributed by atoms with E-state index in [1.54, 1.807) is 36.1 Å². The molecule has 1 aliphatic heterocycles. The van der Waals surface area contributed by atoms with E-state index < -0.39 is 11.1 Å². The summed E-state index contributed by atoms with van der Waals surface area (Å²) < 4.78 is 22.3. The van der Waals surface area contributed by atoms with Crippen molar-refractivity contribution in [3.8, 4) is 17.5 Å². The summed E-state index contributed by atoms with van der Waals surface area (Å²) in [7, 11) is 1.66. The average Bonchev–Trinajstić information content (AvgIpc) is 3.40. The second-order valence-electron chi connectivity index (χ2n) is 9.69. The van der Waals surface area contributed by atoms with Crippen molar-refractivity contribution in [3.05, 3.63) is 34.6 Å². The zero-order chi connectivity index (χ0) is 25.5. The number of carbonyl (C=O) groups is 1. The van der Waals surface area contributed by atoms with Gasteiger partial charge in [0.1, 0.15) is 23.0 Å². The van der Waals surface area contributed by atoms with Gasteiger partial charge in [0.15, 0.2) is 11.3 Å². The molecular weight excluding hydrogens is 531 g/mol. The van der Waals surface area contributed by atoms with Crippen LogP contribution in [0.3, 0.4) is 0 Å².